The van der Waals surface area contributed by atoms with Crippen molar-refractivity contribution >= 4 is 43.5 Å². The molecule has 186 valence electrons. The normalized spacial score (nSPS) is 11.9. The van der Waals surface area contributed by atoms with Gasteiger partial charge in [0.1, 0.15) is 12.4 Å². The molecule has 3 rings (SSSR count). The Morgan fingerprint density at radius 3 is 2.33 bits per heavy atom. The van der Waals surface area contributed by atoms with Crippen LogP contribution in [0.15, 0.2) is 52.4 Å². The Labute approximate surface area is 210 Å². The van der Waals surface area contributed by atoms with E-state index in [1.807, 2.05) is 12.1 Å². The predicted octanol–water partition coefficient (Wildman–Crippen LogP) is 2.57. The fraction of sp³-hybridized carbons (Fsp3) is 0.261. The summed E-state index contributed by atoms with van der Waals surface area (Å²) in [4.78, 5) is 28.7. The van der Waals surface area contributed by atoms with Crippen LogP contribution < -0.4 is 4.80 Å². The molecule has 0 aliphatic heterocycles. The highest BCUT2D eigenvalue weighted by Crippen LogP contribution is 2.21. The third kappa shape index (κ3) is 5.83. The van der Waals surface area contributed by atoms with Gasteiger partial charge in [0.2, 0.25) is 10.0 Å². The fourth-order valence-corrected chi connectivity index (χ4v) is 5.77. The van der Waals surface area contributed by atoms with Gasteiger partial charge in [0, 0.05) is 31.5 Å². The lowest BCUT2D eigenvalue weighted by Crippen LogP contribution is -2.32. The molecule has 1 aromatic heterocycles. The molecule has 0 spiro atoms. The topological polar surface area (TPSA) is 146 Å². The number of aromatic nitrogens is 1. The number of nitriles is 2. The zero-order valence-corrected chi connectivity index (χ0v) is 20.7. The van der Waals surface area contributed by atoms with E-state index in [9.17, 15) is 22.4 Å². The van der Waals surface area contributed by atoms with Gasteiger partial charge in [-0.2, -0.15) is 19.8 Å². The molecule has 36 heavy (non-hydrogen) atoms. The second kappa shape index (κ2) is 11.7. The first-order valence-corrected chi connectivity index (χ1v) is 12.8. The van der Waals surface area contributed by atoms with Crippen LogP contribution in [0.4, 0.5) is 4.39 Å². The fourth-order valence-electron chi connectivity index (χ4n) is 3.28. The van der Waals surface area contributed by atoms with E-state index in [1.165, 1.54) is 48.1 Å². The smallest absolute Gasteiger partial charge is 0.325 e. The highest BCUT2D eigenvalue weighted by atomic mass is 32.2. The molecule has 0 atom stereocenters. The van der Waals surface area contributed by atoms with E-state index in [0.29, 0.717) is 4.70 Å². The standard InChI is InChI=1S/C23H20FN5O5S2/c1-34-20(30)15-29-21-18(24)5-2-6-19(21)35-23(29)27-22(31)16-7-9-17(10-8-16)36(32,33)28(13-3-11-25)14-4-12-26/h2,5-10H,3-4,13-15H2,1H3. The Morgan fingerprint density at radius 2 is 1.75 bits per heavy atom. The van der Waals surface area contributed by atoms with Gasteiger partial charge in [-0.05, 0) is 36.4 Å². The molecule has 0 bridgehead atoms. The SMILES string of the molecule is COC(=O)Cn1c(=NC(=O)c2ccc(S(=O)(=O)N(CCC#N)CCC#N)cc2)sc2cccc(F)c21. The number of methoxy groups -OCH3 is 1. The number of thiazole rings is 1. The Kier molecular flexibility index (Phi) is 8.66. The highest BCUT2D eigenvalue weighted by Gasteiger charge is 2.24. The average molecular weight is 530 g/mol. The molecule has 3 aromatic rings. The van der Waals surface area contributed by atoms with Crippen molar-refractivity contribution in [1.82, 2.24) is 8.87 Å². The molecule has 0 aliphatic carbocycles. The third-order valence-electron chi connectivity index (χ3n) is 5.05. The second-order valence-electron chi connectivity index (χ2n) is 7.30. The number of fused-ring (bicyclic) bond motifs is 1. The van der Waals surface area contributed by atoms with E-state index in [2.05, 4.69) is 9.73 Å². The minimum atomic E-state index is -4.00. The van der Waals surface area contributed by atoms with Crippen LogP contribution in [0, 0.1) is 28.5 Å². The van der Waals surface area contributed by atoms with Gasteiger partial charge >= 0.3 is 5.97 Å². The van der Waals surface area contributed by atoms with Crippen molar-refractivity contribution in [2.24, 2.45) is 4.99 Å². The van der Waals surface area contributed by atoms with Crippen molar-refractivity contribution in [3.63, 3.8) is 0 Å². The van der Waals surface area contributed by atoms with Gasteiger partial charge in [-0.25, -0.2) is 12.8 Å². The first kappa shape index (κ1) is 26.7. The first-order chi connectivity index (χ1) is 17.2. The number of rotatable bonds is 9. The number of carbonyl (C=O) groups excluding carboxylic acids is 2. The predicted molar refractivity (Wildman–Crippen MR) is 127 cm³/mol. The Hall–Kier alpha value is -3.91. The van der Waals surface area contributed by atoms with Gasteiger partial charge in [-0.15, -0.1) is 0 Å². The highest BCUT2D eigenvalue weighted by molar-refractivity contribution is 7.89. The van der Waals surface area contributed by atoms with Crippen molar-refractivity contribution in [2.45, 2.75) is 24.3 Å². The van der Waals surface area contributed by atoms with E-state index in [0.717, 1.165) is 15.6 Å². The largest absolute Gasteiger partial charge is 0.468 e. The van der Waals surface area contributed by atoms with Crippen molar-refractivity contribution in [3.05, 3.63) is 58.6 Å². The Morgan fingerprint density at radius 1 is 1.11 bits per heavy atom. The molecule has 0 saturated carbocycles. The van der Waals surface area contributed by atoms with Gasteiger partial charge in [0.05, 0.1) is 34.4 Å². The molecule has 10 nitrogen and oxygen atoms in total. The minimum absolute atomic E-state index is 0.0402. The number of esters is 1. The molecule has 0 radical (unpaired) electrons. The summed E-state index contributed by atoms with van der Waals surface area (Å²) in [5.74, 6) is -1.97. The number of nitrogens with zero attached hydrogens (tertiary/aromatic N) is 5. The molecular weight excluding hydrogens is 509 g/mol. The summed E-state index contributed by atoms with van der Waals surface area (Å²) < 4.78 is 47.8. The molecule has 0 aliphatic rings. The molecule has 0 saturated heterocycles. The molecule has 0 unspecified atom stereocenters. The van der Waals surface area contributed by atoms with Crippen LogP contribution in [-0.4, -0.2) is 49.4 Å². The molecule has 0 N–H and O–H groups in total. The summed E-state index contributed by atoms with van der Waals surface area (Å²) in [6.45, 7) is -0.500. The zero-order chi connectivity index (χ0) is 26.3. The van der Waals surface area contributed by atoms with Crippen LogP contribution >= 0.6 is 11.3 Å². The van der Waals surface area contributed by atoms with E-state index >= 15 is 0 Å². The van der Waals surface area contributed by atoms with Crippen LogP contribution in [0.25, 0.3) is 10.2 Å². The van der Waals surface area contributed by atoms with Gasteiger partial charge in [-0.3, -0.25) is 9.59 Å². The molecule has 13 heteroatoms. The van der Waals surface area contributed by atoms with Gasteiger partial charge in [0.25, 0.3) is 5.91 Å². The van der Waals surface area contributed by atoms with Gasteiger partial charge in [-0.1, -0.05) is 17.4 Å². The second-order valence-corrected chi connectivity index (χ2v) is 10.2. The number of amides is 1. The summed E-state index contributed by atoms with van der Waals surface area (Å²) >= 11 is 1.01. The summed E-state index contributed by atoms with van der Waals surface area (Å²) in [7, 11) is -2.81. The summed E-state index contributed by atoms with van der Waals surface area (Å²) in [6, 6.07) is 13.1. The first-order valence-electron chi connectivity index (χ1n) is 10.5. The Balaban J connectivity index is 1.96. The summed E-state index contributed by atoms with van der Waals surface area (Å²) in [5, 5.41) is 17.6. The number of sulfonamides is 1. The van der Waals surface area contributed by atoms with E-state index in [4.69, 9.17) is 10.5 Å². The number of ether oxygens (including phenoxy) is 1. The van der Waals surface area contributed by atoms with E-state index in [1.54, 1.807) is 6.07 Å². The van der Waals surface area contributed by atoms with Gasteiger partial charge in [0.15, 0.2) is 4.80 Å². The maximum atomic E-state index is 14.5. The molecule has 0 fully saturated rings. The number of hydrogen-bond acceptors (Lipinski definition) is 8. The van der Waals surface area contributed by atoms with E-state index < -0.39 is 27.7 Å². The zero-order valence-electron chi connectivity index (χ0n) is 19.0. The average Bonchev–Trinajstić information content (AvgIpc) is 3.21. The number of para-hydroxylation sites is 1. The molecule has 1 amide bonds. The number of hydrogen-bond donors (Lipinski definition) is 0. The molecular formula is C23H20FN5O5S2. The van der Waals surface area contributed by atoms with Crippen LogP contribution in [0.3, 0.4) is 0 Å². The van der Waals surface area contributed by atoms with Crippen LogP contribution in [0.1, 0.15) is 23.2 Å². The number of halogens is 1. The number of benzene rings is 2. The number of carbonyl (C=O) groups is 2. The van der Waals surface area contributed by atoms with Crippen molar-refractivity contribution in [1.29, 1.82) is 10.5 Å². The summed E-state index contributed by atoms with van der Waals surface area (Å²) in [6.07, 6.45) is -0.0805. The quantitative estimate of drug-likeness (QED) is 0.387. The maximum absolute atomic E-state index is 14.5. The minimum Gasteiger partial charge on any atom is -0.468 e. The Bertz CT molecular complexity index is 1530. The third-order valence-corrected chi connectivity index (χ3v) is 8.01. The monoisotopic (exact) mass is 529 g/mol. The lowest BCUT2D eigenvalue weighted by molar-refractivity contribution is -0.141. The van der Waals surface area contributed by atoms with Crippen molar-refractivity contribution in [3.8, 4) is 12.1 Å². The van der Waals surface area contributed by atoms with Crippen LogP contribution in [0.2, 0.25) is 0 Å². The summed E-state index contributed by atoms with van der Waals surface area (Å²) in [5.41, 5.74) is 0.174. The van der Waals surface area contributed by atoms with Crippen LogP contribution in [0.5, 0.6) is 0 Å². The van der Waals surface area contributed by atoms with Crippen molar-refractivity contribution < 1.29 is 27.1 Å². The molecule has 1 heterocycles. The maximum Gasteiger partial charge on any atom is 0.325 e. The lowest BCUT2D eigenvalue weighted by atomic mass is 10.2. The van der Waals surface area contributed by atoms with E-state index in [-0.39, 0.29) is 53.3 Å². The van der Waals surface area contributed by atoms with Gasteiger partial charge < -0.3 is 9.30 Å². The van der Waals surface area contributed by atoms with Crippen LogP contribution in [-0.2, 0) is 26.1 Å². The van der Waals surface area contributed by atoms with Crippen molar-refractivity contribution in [2.75, 3.05) is 20.2 Å². The lowest BCUT2D eigenvalue weighted by Gasteiger charge is -2.20. The molecule has 2 aromatic carbocycles.